The molecule has 0 aromatic heterocycles. The van der Waals surface area contributed by atoms with Gasteiger partial charge in [-0.15, -0.1) is 0 Å². The molecule has 2 rings (SSSR count). The van der Waals surface area contributed by atoms with Gasteiger partial charge in [0.25, 0.3) is 0 Å². The molecule has 0 spiro atoms. The van der Waals surface area contributed by atoms with Crippen LogP contribution >= 0.6 is 0 Å². The van der Waals surface area contributed by atoms with Gasteiger partial charge in [-0.1, -0.05) is 6.07 Å². The maximum Gasteiger partial charge on any atom is 0.153 e. The van der Waals surface area contributed by atoms with Crippen LogP contribution in [0.1, 0.15) is 11.7 Å². The summed E-state index contributed by atoms with van der Waals surface area (Å²) in [6, 6.07) is 4.58. The van der Waals surface area contributed by atoms with Crippen molar-refractivity contribution in [1.29, 1.82) is 0 Å². The second-order valence-electron chi connectivity index (χ2n) is 4.27. The minimum Gasteiger partial charge on any atom is -0.378 e. The standard InChI is InChI=1S/C13H16FNO3/c1-17-10-6-15(7-10)12-5-9(3-4-11(12)14)13(8-16)18-2/h3-5,8,10,13H,6-7H2,1-2H3. The van der Waals surface area contributed by atoms with E-state index in [2.05, 4.69) is 0 Å². The molecule has 0 radical (unpaired) electrons. The van der Waals surface area contributed by atoms with Crippen LogP contribution in [0.4, 0.5) is 10.1 Å². The first kappa shape index (κ1) is 13.0. The molecule has 0 aliphatic carbocycles. The van der Waals surface area contributed by atoms with E-state index in [1.54, 1.807) is 19.2 Å². The highest BCUT2D eigenvalue weighted by molar-refractivity contribution is 5.63. The van der Waals surface area contributed by atoms with Crippen molar-refractivity contribution in [3.05, 3.63) is 29.6 Å². The summed E-state index contributed by atoms with van der Waals surface area (Å²) in [7, 11) is 3.09. The van der Waals surface area contributed by atoms with Crippen LogP contribution in [0.3, 0.4) is 0 Å². The minimum absolute atomic E-state index is 0.150. The quantitative estimate of drug-likeness (QED) is 0.746. The molecule has 0 saturated carbocycles. The summed E-state index contributed by atoms with van der Waals surface area (Å²) in [4.78, 5) is 12.7. The number of methoxy groups -OCH3 is 2. The van der Waals surface area contributed by atoms with E-state index in [1.807, 2.05) is 4.90 Å². The first-order valence-corrected chi connectivity index (χ1v) is 5.75. The van der Waals surface area contributed by atoms with Crippen LogP contribution in [-0.2, 0) is 14.3 Å². The Hall–Kier alpha value is -1.46. The van der Waals surface area contributed by atoms with Gasteiger partial charge in [-0.2, -0.15) is 0 Å². The van der Waals surface area contributed by atoms with Gasteiger partial charge in [0.15, 0.2) is 6.29 Å². The maximum atomic E-state index is 13.7. The summed E-state index contributed by atoms with van der Waals surface area (Å²) in [5.41, 5.74) is 1.15. The van der Waals surface area contributed by atoms with Gasteiger partial charge in [-0.3, -0.25) is 0 Å². The second-order valence-corrected chi connectivity index (χ2v) is 4.27. The summed E-state index contributed by atoms with van der Waals surface area (Å²) in [5.74, 6) is -0.297. The highest BCUT2D eigenvalue weighted by Crippen LogP contribution is 2.28. The van der Waals surface area contributed by atoms with Crippen molar-refractivity contribution in [1.82, 2.24) is 0 Å². The second kappa shape index (κ2) is 5.46. The van der Waals surface area contributed by atoms with Gasteiger partial charge in [-0.25, -0.2) is 4.39 Å². The van der Waals surface area contributed by atoms with Gasteiger partial charge in [0.2, 0.25) is 0 Å². The summed E-state index contributed by atoms with van der Waals surface area (Å²) in [6.07, 6.45) is 0.201. The Balaban J connectivity index is 2.20. The van der Waals surface area contributed by atoms with Crippen molar-refractivity contribution < 1.29 is 18.7 Å². The largest absolute Gasteiger partial charge is 0.378 e. The molecular formula is C13H16FNO3. The summed E-state index contributed by atoms with van der Waals surface area (Å²) >= 11 is 0. The average molecular weight is 253 g/mol. The average Bonchev–Trinajstić information content (AvgIpc) is 2.33. The van der Waals surface area contributed by atoms with E-state index >= 15 is 0 Å². The molecule has 98 valence electrons. The van der Waals surface area contributed by atoms with E-state index in [-0.39, 0.29) is 11.9 Å². The number of carbonyl (C=O) groups excluding carboxylic acids is 1. The zero-order valence-electron chi connectivity index (χ0n) is 10.4. The Kier molecular flexibility index (Phi) is 3.93. The Bertz CT molecular complexity index is 432. The van der Waals surface area contributed by atoms with Crippen LogP contribution in [0, 0.1) is 5.82 Å². The number of rotatable bonds is 5. The van der Waals surface area contributed by atoms with E-state index in [9.17, 15) is 9.18 Å². The fourth-order valence-corrected chi connectivity index (χ4v) is 2.00. The Morgan fingerprint density at radius 2 is 2.17 bits per heavy atom. The van der Waals surface area contributed by atoms with Crippen LogP contribution in [0.5, 0.6) is 0 Å². The van der Waals surface area contributed by atoms with E-state index < -0.39 is 6.10 Å². The summed E-state index contributed by atoms with van der Waals surface area (Å²) in [6.45, 7) is 1.32. The lowest BCUT2D eigenvalue weighted by Gasteiger charge is -2.40. The molecule has 1 aromatic carbocycles. The summed E-state index contributed by atoms with van der Waals surface area (Å²) < 4.78 is 23.9. The smallest absolute Gasteiger partial charge is 0.153 e. The van der Waals surface area contributed by atoms with Crippen molar-refractivity contribution in [2.45, 2.75) is 12.2 Å². The van der Waals surface area contributed by atoms with Crippen LogP contribution in [-0.4, -0.2) is 39.7 Å². The third-order valence-corrected chi connectivity index (χ3v) is 3.20. The van der Waals surface area contributed by atoms with E-state index in [4.69, 9.17) is 9.47 Å². The van der Waals surface area contributed by atoms with Gasteiger partial charge in [-0.05, 0) is 17.7 Å². The number of hydrogen-bond acceptors (Lipinski definition) is 4. The Labute approximate surface area is 105 Å². The monoisotopic (exact) mass is 253 g/mol. The van der Waals surface area contributed by atoms with Crippen molar-refractivity contribution >= 4 is 12.0 Å². The lowest BCUT2D eigenvalue weighted by atomic mass is 10.1. The minimum atomic E-state index is -0.649. The van der Waals surface area contributed by atoms with Crippen molar-refractivity contribution in [2.24, 2.45) is 0 Å². The van der Waals surface area contributed by atoms with Crippen LogP contribution in [0.15, 0.2) is 18.2 Å². The molecule has 18 heavy (non-hydrogen) atoms. The van der Waals surface area contributed by atoms with E-state index in [0.29, 0.717) is 30.6 Å². The molecule has 1 aromatic rings. The Morgan fingerprint density at radius 3 is 2.72 bits per heavy atom. The van der Waals surface area contributed by atoms with Gasteiger partial charge >= 0.3 is 0 Å². The first-order chi connectivity index (χ1) is 8.69. The van der Waals surface area contributed by atoms with Crippen molar-refractivity contribution in [3.63, 3.8) is 0 Å². The predicted octanol–water partition coefficient (Wildman–Crippen LogP) is 1.55. The van der Waals surface area contributed by atoms with Gasteiger partial charge in [0.1, 0.15) is 11.9 Å². The van der Waals surface area contributed by atoms with Crippen molar-refractivity contribution in [3.8, 4) is 0 Å². The lowest BCUT2D eigenvalue weighted by Crippen LogP contribution is -2.52. The number of carbonyl (C=O) groups is 1. The molecule has 1 saturated heterocycles. The normalized spacial score (nSPS) is 17.4. The molecular weight excluding hydrogens is 237 g/mol. The molecule has 5 heteroatoms. The number of halogens is 1. The molecule has 0 bridgehead atoms. The zero-order chi connectivity index (χ0) is 13.1. The fraction of sp³-hybridized carbons (Fsp3) is 0.462. The van der Waals surface area contributed by atoms with E-state index in [1.165, 1.54) is 13.2 Å². The van der Waals surface area contributed by atoms with Crippen molar-refractivity contribution in [2.75, 3.05) is 32.2 Å². The van der Waals surface area contributed by atoms with Crippen LogP contribution < -0.4 is 4.90 Å². The third-order valence-electron chi connectivity index (χ3n) is 3.20. The maximum absolute atomic E-state index is 13.7. The van der Waals surface area contributed by atoms with Gasteiger partial charge < -0.3 is 19.2 Å². The molecule has 1 atom stereocenters. The number of benzene rings is 1. The number of ether oxygens (including phenoxy) is 2. The number of aldehydes is 1. The molecule has 0 amide bonds. The summed E-state index contributed by atoms with van der Waals surface area (Å²) in [5, 5.41) is 0. The number of anilines is 1. The molecule has 1 unspecified atom stereocenters. The zero-order valence-corrected chi connectivity index (χ0v) is 10.4. The van der Waals surface area contributed by atoms with Crippen LogP contribution in [0.25, 0.3) is 0 Å². The van der Waals surface area contributed by atoms with Gasteiger partial charge in [0.05, 0.1) is 11.8 Å². The van der Waals surface area contributed by atoms with Crippen LogP contribution in [0.2, 0.25) is 0 Å². The fourth-order valence-electron chi connectivity index (χ4n) is 2.00. The Morgan fingerprint density at radius 1 is 1.44 bits per heavy atom. The molecule has 1 aliphatic heterocycles. The number of hydrogen-bond donors (Lipinski definition) is 0. The highest BCUT2D eigenvalue weighted by atomic mass is 19.1. The van der Waals surface area contributed by atoms with Gasteiger partial charge in [0, 0.05) is 27.3 Å². The third kappa shape index (κ3) is 2.37. The molecule has 1 heterocycles. The molecule has 4 nitrogen and oxygen atoms in total. The number of nitrogens with zero attached hydrogens (tertiary/aromatic N) is 1. The lowest BCUT2D eigenvalue weighted by molar-refractivity contribution is -0.116. The highest BCUT2D eigenvalue weighted by Gasteiger charge is 2.29. The predicted molar refractivity (Wildman–Crippen MR) is 65.2 cm³/mol. The molecule has 1 fully saturated rings. The molecule has 0 N–H and O–H groups in total. The van der Waals surface area contributed by atoms with E-state index in [0.717, 1.165) is 0 Å². The topological polar surface area (TPSA) is 38.8 Å². The molecule has 1 aliphatic rings. The first-order valence-electron chi connectivity index (χ1n) is 5.75. The SMILES string of the molecule is COC1CN(c2cc(C(C=O)OC)ccc2F)C1.